The summed E-state index contributed by atoms with van der Waals surface area (Å²) in [5, 5.41) is 1.07. The Morgan fingerprint density at radius 2 is 2.14 bits per heavy atom. The highest BCUT2D eigenvalue weighted by Crippen LogP contribution is 2.24. The van der Waals surface area contributed by atoms with Crippen molar-refractivity contribution in [3.05, 3.63) is 28.4 Å². The Balaban J connectivity index is 2.87. The highest BCUT2D eigenvalue weighted by atomic mass is 79.9. The van der Waals surface area contributed by atoms with Gasteiger partial charge in [0, 0.05) is 9.86 Å². The molecule has 0 saturated carbocycles. The number of para-hydroxylation sites is 1. The molecule has 4 heteroatoms. The summed E-state index contributed by atoms with van der Waals surface area (Å²) in [6.45, 7) is 2.06. The predicted octanol–water partition coefficient (Wildman–Crippen LogP) is 2.54. The molecule has 3 nitrogen and oxygen atoms in total. The van der Waals surface area contributed by atoms with Crippen molar-refractivity contribution in [1.29, 1.82) is 0 Å². The topological polar surface area (TPSA) is 51.8 Å². The molecule has 14 heavy (non-hydrogen) atoms. The number of anilines is 1. The largest absolute Gasteiger partial charge is 0.368 e. The predicted molar refractivity (Wildman–Crippen MR) is 61.0 cm³/mol. The second-order valence-electron chi connectivity index (χ2n) is 3.02. The summed E-state index contributed by atoms with van der Waals surface area (Å²) in [6.07, 6.45) is 0.861. The molecular formula is C10H10BrN3. The van der Waals surface area contributed by atoms with E-state index in [0.717, 1.165) is 27.5 Å². The average Bonchev–Trinajstić information content (AvgIpc) is 2.18. The van der Waals surface area contributed by atoms with Crippen LogP contribution in [0.2, 0.25) is 0 Å². The van der Waals surface area contributed by atoms with Gasteiger partial charge in [0.05, 0.1) is 11.2 Å². The van der Waals surface area contributed by atoms with E-state index in [4.69, 9.17) is 5.73 Å². The van der Waals surface area contributed by atoms with E-state index < -0.39 is 0 Å². The number of aryl methyl sites for hydroxylation is 1. The molecule has 0 fully saturated rings. The van der Waals surface area contributed by atoms with Gasteiger partial charge in [-0.15, -0.1) is 0 Å². The lowest BCUT2D eigenvalue weighted by molar-refractivity contribution is 1.04. The monoisotopic (exact) mass is 251 g/mol. The van der Waals surface area contributed by atoms with Crippen LogP contribution in [0.1, 0.15) is 12.6 Å². The standard InChI is InChI=1S/C10H10BrN3/c1-2-8-6-4-3-5-7(11)9(6)14-10(12)13-8/h3-5H,2H2,1H3,(H2,12,13,14). The molecule has 0 aliphatic carbocycles. The summed E-state index contributed by atoms with van der Waals surface area (Å²) >= 11 is 3.45. The number of hydrogen-bond acceptors (Lipinski definition) is 3. The maximum Gasteiger partial charge on any atom is 0.220 e. The fourth-order valence-electron chi connectivity index (χ4n) is 1.47. The van der Waals surface area contributed by atoms with E-state index in [1.807, 2.05) is 18.2 Å². The van der Waals surface area contributed by atoms with Gasteiger partial charge in [-0.2, -0.15) is 0 Å². The van der Waals surface area contributed by atoms with Gasteiger partial charge in [-0.25, -0.2) is 9.97 Å². The minimum atomic E-state index is 0.334. The van der Waals surface area contributed by atoms with Gasteiger partial charge in [0.15, 0.2) is 0 Å². The Kier molecular flexibility index (Phi) is 2.37. The molecule has 1 heterocycles. The highest BCUT2D eigenvalue weighted by molar-refractivity contribution is 9.10. The molecule has 2 rings (SSSR count). The number of benzene rings is 1. The maximum atomic E-state index is 5.63. The van der Waals surface area contributed by atoms with E-state index in [-0.39, 0.29) is 0 Å². The van der Waals surface area contributed by atoms with E-state index in [0.29, 0.717) is 5.95 Å². The number of nitrogens with zero attached hydrogens (tertiary/aromatic N) is 2. The van der Waals surface area contributed by atoms with Crippen LogP contribution in [-0.2, 0) is 6.42 Å². The van der Waals surface area contributed by atoms with Gasteiger partial charge >= 0.3 is 0 Å². The van der Waals surface area contributed by atoms with E-state index in [9.17, 15) is 0 Å². The third-order valence-corrected chi connectivity index (χ3v) is 2.75. The van der Waals surface area contributed by atoms with Crippen LogP contribution in [0, 0.1) is 0 Å². The molecule has 0 aliphatic heterocycles. The van der Waals surface area contributed by atoms with E-state index in [1.165, 1.54) is 0 Å². The highest BCUT2D eigenvalue weighted by Gasteiger charge is 2.06. The summed E-state index contributed by atoms with van der Waals surface area (Å²) in [4.78, 5) is 8.41. The normalized spacial score (nSPS) is 10.7. The van der Waals surface area contributed by atoms with Gasteiger partial charge in [0.25, 0.3) is 0 Å². The second-order valence-corrected chi connectivity index (χ2v) is 3.87. The summed E-state index contributed by atoms with van der Waals surface area (Å²) in [6, 6.07) is 5.94. The third-order valence-electron chi connectivity index (χ3n) is 2.11. The third kappa shape index (κ3) is 1.46. The van der Waals surface area contributed by atoms with Crippen molar-refractivity contribution in [1.82, 2.24) is 9.97 Å². The lowest BCUT2D eigenvalue weighted by Crippen LogP contribution is -2.00. The number of nitrogens with two attached hydrogens (primary N) is 1. The van der Waals surface area contributed by atoms with Crippen molar-refractivity contribution in [3.8, 4) is 0 Å². The molecule has 1 aromatic heterocycles. The van der Waals surface area contributed by atoms with Crippen LogP contribution in [0.25, 0.3) is 10.9 Å². The van der Waals surface area contributed by atoms with Gasteiger partial charge < -0.3 is 5.73 Å². The molecule has 0 spiro atoms. The molecule has 0 saturated heterocycles. The number of nitrogen functional groups attached to an aromatic ring is 1. The smallest absolute Gasteiger partial charge is 0.220 e. The van der Waals surface area contributed by atoms with Crippen molar-refractivity contribution >= 4 is 32.8 Å². The van der Waals surface area contributed by atoms with Crippen LogP contribution in [0.4, 0.5) is 5.95 Å². The Morgan fingerprint density at radius 1 is 1.36 bits per heavy atom. The second kappa shape index (κ2) is 3.53. The van der Waals surface area contributed by atoms with Crippen LogP contribution < -0.4 is 5.73 Å². The zero-order valence-electron chi connectivity index (χ0n) is 7.79. The van der Waals surface area contributed by atoms with Crippen molar-refractivity contribution in [3.63, 3.8) is 0 Å². The Labute approximate surface area is 90.5 Å². The summed E-state index contributed by atoms with van der Waals surface area (Å²) < 4.78 is 0.957. The van der Waals surface area contributed by atoms with E-state index in [1.54, 1.807) is 0 Å². The first-order valence-corrected chi connectivity index (χ1v) is 5.22. The molecule has 1 aromatic carbocycles. The zero-order chi connectivity index (χ0) is 10.1. The average molecular weight is 252 g/mol. The fourth-order valence-corrected chi connectivity index (χ4v) is 1.92. The summed E-state index contributed by atoms with van der Waals surface area (Å²) in [7, 11) is 0. The number of rotatable bonds is 1. The molecule has 0 atom stereocenters. The Bertz CT molecular complexity index is 482. The molecule has 0 aliphatic rings. The van der Waals surface area contributed by atoms with Gasteiger partial charge in [-0.1, -0.05) is 19.1 Å². The van der Waals surface area contributed by atoms with Crippen molar-refractivity contribution in [2.75, 3.05) is 5.73 Å². The first kappa shape index (κ1) is 9.40. The fraction of sp³-hybridized carbons (Fsp3) is 0.200. The number of aromatic nitrogens is 2. The Hall–Kier alpha value is -1.16. The number of halogens is 1. The SMILES string of the molecule is CCc1nc(N)nc2c(Br)cccc12. The van der Waals surface area contributed by atoms with Gasteiger partial charge in [-0.3, -0.25) is 0 Å². The first-order chi connectivity index (χ1) is 6.72. The Morgan fingerprint density at radius 3 is 2.86 bits per heavy atom. The van der Waals surface area contributed by atoms with Gasteiger partial charge in [-0.05, 0) is 28.4 Å². The zero-order valence-corrected chi connectivity index (χ0v) is 9.37. The van der Waals surface area contributed by atoms with Crippen molar-refractivity contribution in [2.45, 2.75) is 13.3 Å². The van der Waals surface area contributed by atoms with Crippen LogP contribution in [0.15, 0.2) is 22.7 Å². The molecule has 0 bridgehead atoms. The number of fused-ring (bicyclic) bond motifs is 1. The van der Waals surface area contributed by atoms with E-state index in [2.05, 4.69) is 32.8 Å². The molecule has 0 amide bonds. The molecule has 0 unspecified atom stereocenters. The lowest BCUT2D eigenvalue weighted by Gasteiger charge is -2.05. The first-order valence-electron chi connectivity index (χ1n) is 4.43. The quantitative estimate of drug-likeness (QED) is 0.848. The molecular weight excluding hydrogens is 242 g/mol. The molecule has 2 N–H and O–H groups in total. The minimum Gasteiger partial charge on any atom is -0.368 e. The van der Waals surface area contributed by atoms with Gasteiger partial charge in [0.2, 0.25) is 5.95 Å². The molecule has 72 valence electrons. The van der Waals surface area contributed by atoms with Gasteiger partial charge in [0.1, 0.15) is 0 Å². The maximum absolute atomic E-state index is 5.63. The van der Waals surface area contributed by atoms with Crippen molar-refractivity contribution in [2.24, 2.45) is 0 Å². The lowest BCUT2D eigenvalue weighted by atomic mass is 10.1. The summed E-state index contributed by atoms with van der Waals surface area (Å²) in [5.74, 6) is 0.334. The van der Waals surface area contributed by atoms with E-state index >= 15 is 0 Å². The molecule has 0 radical (unpaired) electrons. The van der Waals surface area contributed by atoms with Crippen molar-refractivity contribution < 1.29 is 0 Å². The molecule has 2 aromatic rings. The minimum absolute atomic E-state index is 0.334. The van der Waals surface area contributed by atoms with Crippen LogP contribution in [-0.4, -0.2) is 9.97 Å². The van der Waals surface area contributed by atoms with Crippen LogP contribution in [0.3, 0.4) is 0 Å². The summed E-state index contributed by atoms with van der Waals surface area (Å²) in [5.41, 5.74) is 7.51. The van der Waals surface area contributed by atoms with Crippen LogP contribution in [0.5, 0.6) is 0 Å². The van der Waals surface area contributed by atoms with Crippen LogP contribution >= 0.6 is 15.9 Å². The number of hydrogen-bond donors (Lipinski definition) is 1.